The van der Waals surface area contributed by atoms with Crippen LogP contribution >= 0.6 is 0 Å². The smallest absolute Gasteiger partial charge is 0.259 e. The van der Waals surface area contributed by atoms with Gasteiger partial charge >= 0.3 is 0 Å². The maximum absolute atomic E-state index is 13.4. The topological polar surface area (TPSA) is 58.6 Å². The van der Waals surface area contributed by atoms with E-state index in [2.05, 4.69) is 10.2 Å². The molecule has 0 saturated heterocycles. The Hall–Kier alpha value is -2.82. The van der Waals surface area contributed by atoms with Gasteiger partial charge in [0.25, 0.3) is 11.8 Å². The number of nitrogens with one attached hydrogen (secondary N) is 1. The number of carbonyl (C=O) groups excluding carboxylic acids is 2. The minimum atomic E-state index is -0.218. The van der Waals surface area contributed by atoms with E-state index in [1.807, 2.05) is 30.3 Å². The van der Waals surface area contributed by atoms with Gasteiger partial charge in [-0.1, -0.05) is 24.3 Å². The molecule has 2 aromatic rings. The highest BCUT2D eigenvalue weighted by Gasteiger charge is 2.48. The normalized spacial score (nSPS) is 19.9. The minimum absolute atomic E-state index is 0.0780. The van der Waals surface area contributed by atoms with E-state index in [1.54, 1.807) is 6.07 Å². The summed E-state index contributed by atoms with van der Waals surface area (Å²) in [6.45, 7) is 1.27. The van der Waals surface area contributed by atoms with E-state index in [0.717, 1.165) is 17.5 Å². The van der Waals surface area contributed by atoms with Crippen molar-refractivity contribution >= 4 is 17.5 Å². The Morgan fingerprint density at radius 1 is 1.03 bits per heavy atom. The summed E-state index contributed by atoms with van der Waals surface area (Å²) in [5, 5.41) is 3.00. The number of para-hydroxylation sites is 1. The summed E-state index contributed by atoms with van der Waals surface area (Å²) in [4.78, 5) is 28.5. The van der Waals surface area contributed by atoms with Crippen LogP contribution in [-0.4, -0.2) is 29.4 Å². The van der Waals surface area contributed by atoms with Crippen molar-refractivity contribution in [2.24, 2.45) is 11.8 Å². The third kappa shape index (κ3) is 2.83. The molecule has 4 aliphatic rings. The SMILES string of the molecule is O=C(Nc1cccc2c1C(=O)N(C(C1CC1)C1CC1)C2)c1cccc2c1OCC2. The maximum Gasteiger partial charge on any atom is 0.259 e. The monoisotopic (exact) mass is 388 g/mol. The van der Waals surface area contributed by atoms with Crippen LogP contribution in [0.15, 0.2) is 36.4 Å². The molecule has 0 unspecified atom stereocenters. The molecule has 148 valence electrons. The van der Waals surface area contributed by atoms with Gasteiger partial charge in [0.15, 0.2) is 0 Å². The lowest BCUT2D eigenvalue weighted by molar-refractivity contribution is 0.0653. The fourth-order valence-corrected chi connectivity index (χ4v) is 5.08. The fraction of sp³-hybridized carbons (Fsp3) is 0.417. The Morgan fingerprint density at radius 3 is 2.52 bits per heavy atom. The van der Waals surface area contributed by atoms with Gasteiger partial charge in [0.05, 0.1) is 23.4 Å². The van der Waals surface area contributed by atoms with Crippen molar-refractivity contribution < 1.29 is 14.3 Å². The summed E-state index contributed by atoms with van der Waals surface area (Å²) in [6.07, 6.45) is 5.79. The van der Waals surface area contributed by atoms with Gasteiger partial charge in [-0.05, 0) is 60.8 Å². The van der Waals surface area contributed by atoms with E-state index in [9.17, 15) is 9.59 Å². The summed E-state index contributed by atoms with van der Waals surface area (Å²) in [6, 6.07) is 11.8. The summed E-state index contributed by atoms with van der Waals surface area (Å²) in [5.41, 5.74) is 3.90. The van der Waals surface area contributed by atoms with Crippen molar-refractivity contribution in [3.63, 3.8) is 0 Å². The molecular formula is C24H24N2O3. The minimum Gasteiger partial charge on any atom is -0.492 e. The number of hydrogen-bond donors (Lipinski definition) is 1. The first kappa shape index (κ1) is 17.1. The van der Waals surface area contributed by atoms with E-state index in [4.69, 9.17) is 4.74 Å². The molecule has 2 aliphatic carbocycles. The average Bonchev–Trinajstić information content (AvgIpc) is 3.65. The van der Waals surface area contributed by atoms with E-state index in [-0.39, 0.29) is 11.8 Å². The van der Waals surface area contributed by atoms with Crippen molar-refractivity contribution in [1.29, 1.82) is 0 Å². The number of carbonyl (C=O) groups is 2. The Balaban J connectivity index is 1.29. The Morgan fingerprint density at radius 2 is 1.76 bits per heavy atom. The molecule has 0 radical (unpaired) electrons. The second-order valence-electron chi connectivity index (χ2n) is 8.78. The van der Waals surface area contributed by atoms with E-state index >= 15 is 0 Å². The zero-order chi connectivity index (χ0) is 19.5. The summed E-state index contributed by atoms with van der Waals surface area (Å²) >= 11 is 0. The summed E-state index contributed by atoms with van der Waals surface area (Å²) < 4.78 is 5.68. The van der Waals surface area contributed by atoms with Gasteiger partial charge in [-0.3, -0.25) is 9.59 Å². The molecule has 2 saturated carbocycles. The Labute approximate surface area is 170 Å². The number of anilines is 1. The number of fused-ring (bicyclic) bond motifs is 2. The summed E-state index contributed by atoms with van der Waals surface area (Å²) in [7, 11) is 0. The van der Waals surface area contributed by atoms with Crippen LogP contribution in [0.5, 0.6) is 5.75 Å². The van der Waals surface area contributed by atoms with Crippen molar-refractivity contribution in [1.82, 2.24) is 4.90 Å². The molecule has 2 fully saturated rings. The van der Waals surface area contributed by atoms with E-state index in [1.165, 1.54) is 25.7 Å². The first-order chi connectivity index (χ1) is 14.2. The van der Waals surface area contributed by atoms with Crippen LogP contribution in [0.25, 0.3) is 0 Å². The van der Waals surface area contributed by atoms with Crippen molar-refractivity contribution in [3.8, 4) is 5.75 Å². The second kappa shape index (κ2) is 6.34. The maximum atomic E-state index is 13.4. The zero-order valence-corrected chi connectivity index (χ0v) is 16.3. The first-order valence-corrected chi connectivity index (χ1v) is 10.7. The number of hydrogen-bond acceptors (Lipinski definition) is 3. The van der Waals surface area contributed by atoms with E-state index in [0.29, 0.717) is 53.6 Å². The molecular weight excluding hydrogens is 364 g/mol. The van der Waals surface area contributed by atoms with Crippen LogP contribution in [0.3, 0.4) is 0 Å². The molecule has 29 heavy (non-hydrogen) atoms. The highest BCUT2D eigenvalue weighted by molar-refractivity contribution is 6.11. The van der Waals surface area contributed by atoms with Gasteiger partial charge in [0.2, 0.25) is 0 Å². The second-order valence-corrected chi connectivity index (χ2v) is 8.78. The Kier molecular flexibility index (Phi) is 3.73. The molecule has 0 spiro atoms. The number of amides is 2. The molecule has 6 rings (SSSR count). The van der Waals surface area contributed by atoms with Crippen LogP contribution in [0.1, 0.15) is 57.5 Å². The molecule has 2 heterocycles. The van der Waals surface area contributed by atoms with Gasteiger partial charge in [-0.2, -0.15) is 0 Å². The van der Waals surface area contributed by atoms with Crippen molar-refractivity contribution in [3.05, 3.63) is 58.7 Å². The largest absolute Gasteiger partial charge is 0.492 e. The van der Waals surface area contributed by atoms with Crippen LogP contribution in [0.4, 0.5) is 5.69 Å². The van der Waals surface area contributed by atoms with Crippen LogP contribution < -0.4 is 10.1 Å². The molecule has 2 amide bonds. The van der Waals surface area contributed by atoms with Gasteiger partial charge in [0, 0.05) is 19.0 Å². The van der Waals surface area contributed by atoms with E-state index < -0.39 is 0 Å². The first-order valence-electron chi connectivity index (χ1n) is 10.7. The number of ether oxygens (including phenoxy) is 1. The lowest BCUT2D eigenvalue weighted by atomic mass is 10.1. The molecule has 1 N–H and O–H groups in total. The molecule has 0 aromatic heterocycles. The van der Waals surface area contributed by atoms with Gasteiger partial charge in [-0.25, -0.2) is 0 Å². The van der Waals surface area contributed by atoms with Gasteiger partial charge < -0.3 is 15.0 Å². The van der Waals surface area contributed by atoms with Gasteiger partial charge in [-0.15, -0.1) is 0 Å². The van der Waals surface area contributed by atoms with Crippen molar-refractivity contribution in [2.75, 3.05) is 11.9 Å². The third-order valence-electron chi connectivity index (χ3n) is 6.74. The molecule has 0 atom stereocenters. The molecule has 5 heteroatoms. The number of rotatable bonds is 5. The van der Waals surface area contributed by atoms with Crippen LogP contribution in [0, 0.1) is 11.8 Å². The van der Waals surface area contributed by atoms with Crippen LogP contribution in [-0.2, 0) is 13.0 Å². The highest BCUT2D eigenvalue weighted by atomic mass is 16.5. The highest BCUT2D eigenvalue weighted by Crippen LogP contribution is 2.49. The summed E-state index contributed by atoms with van der Waals surface area (Å²) in [5.74, 6) is 1.87. The predicted molar refractivity (Wildman–Crippen MR) is 109 cm³/mol. The molecule has 5 nitrogen and oxygen atoms in total. The average molecular weight is 388 g/mol. The fourth-order valence-electron chi connectivity index (χ4n) is 5.08. The standard InChI is InChI=1S/C24H24N2O3/c27-23(18-5-1-3-16-11-12-29-22(16)18)25-19-6-2-4-17-13-26(24(28)20(17)19)21(14-7-8-14)15-9-10-15/h1-6,14-15,21H,7-13H2,(H,25,27). The predicted octanol–water partition coefficient (Wildman–Crippen LogP) is 4.02. The van der Waals surface area contributed by atoms with Crippen molar-refractivity contribution in [2.45, 2.75) is 44.7 Å². The van der Waals surface area contributed by atoms with Gasteiger partial charge in [0.1, 0.15) is 5.75 Å². The third-order valence-corrected chi connectivity index (χ3v) is 6.74. The Bertz CT molecular complexity index is 1010. The molecule has 2 aliphatic heterocycles. The number of benzene rings is 2. The molecule has 0 bridgehead atoms. The number of nitrogens with zero attached hydrogens (tertiary/aromatic N) is 1. The lowest BCUT2D eigenvalue weighted by Gasteiger charge is -2.28. The zero-order valence-electron chi connectivity index (χ0n) is 16.3. The van der Waals surface area contributed by atoms with Crippen LogP contribution in [0.2, 0.25) is 0 Å². The quantitative estimate of drug-likeness (QED) is 0.842. The molecule has 2 aromatic carbocycles. The lowest BCUT2D eigenvalue weighted by Crippen LogP contribution is -2.38.